The zero-order valence-electron chi connectivity index (χ0n) is 59.9. The van der Waals surface area contributed by atoms with Gasteiger partial charge in [-0.2, -0.15) is 5.10 Å². The number of benzene rings is 6. The lowest BCUT2D eigenvalue weighted by atomic mass is 9.75. The molecule has 6 aliphatic rings. The molecule has 6 N–H and O–H groups in total. The van der Waals surface area contributed by atoms with Crippen molar-refractivity contribution in [2.45, 2.75) is 153 Å². The standard InChI is InChI=1S/C29H35ClFN3O.C28H35FN4O.C27H33Cl2N3O3.H2/c30-29-27-16-21(9-12-28(27)32-33-29)15-26(35)17-23-5-1-2-6-24(23)19-34-13-3-4-22(18-34)14-20-7-10-25(31)11-8-20;29-24-9-7-20(8-10-24)16-21-4-3-15-33(18-21)19-23-5-1-2-6-27(23)32-28(34)31-25-11-12-26-22(17-25)13-14-30-26;28-24-6-5-23(16-25(24)29)35-22-9-11-31(12-10-22)18-19-7-13-32(14-8-19)26(27(33)34)15-20-3-1-2-4-21(20)17-30;/h7-12,16,22-24H,1-6,13-15,17-19H2,(H,32,33);7-14,17,21,23,27,30H,1-6,15-16,18-19H2,(H2,31,32,34);1-6,16-17,19,22,26,30H,7-15,18H2,(H,33,34);1H/t22-,23+,24+;21-,23-,27+;26-;/m100./s1. The Kier molecular flexibility index (Phi) is 27.8. The summed E-state index contributed by atoms with van der Waals surface area (Å²) < 4.78 is 32.6. The second kappa shape index (κ2) is 37.8. The number of hydrogen-bond donors (Lipinski definition) is 6. The molecule has 15 nitrogen and oxygen atoms in total. The fourth-order valence-electron chi connectivity index (χ4n) is 17.3. The van der Waals surface area contributed by atoms with Crippen molar-refractivity contribution in [2.75, 3.05) is 77.3 Å². The van der Waals surface area contributed by atoms with Crippen LogP contribution in [-0.4, -0.2) is 154 Å². The molecule has 0 spiro atoms. The molecular weight excluding hydrogens is 1370 g/mol. The van der Waals surface area contributed by atoms with Gasteiger partial charge in [0.15, 0.2) is 0 Å². The highest BCUT2D eigenvalue weighted by molar-refractivity contribution is 6.42. The molecule has 0 bridgehead atoms. The summed E-state index contributed by atoms with van der Waals surface area (Å²) in [7, 11) is 0. The van der Waals surface area contributed by atoms with Gasteiger partial charge in [0.1, 0.15) is 40.5 Å². The van der Waals surface area contributed by atoms with Crippen molar-refractivity contribution in [2.24, 2.45) is 35.5 Å². The van der Waals surface area contributed by atoms with Gasteiger partial charge in [-0.15, -0.1) is 0 Å². The molecule has 6 fully saturated rings. The van der Waals surface area contributed by atoms with Gasteiger partial charge in [-0.1, -0.05) is 115 Å². The number of rotatable bonds is 23. The Morgan fingerprint density at radius 2 is 1.28 bits per heavy atom. The number of carbonyl (C=O) groups excluding carboxylic acids is 2. The Balaban J connectivity index is 0.000000157. The summed E-state index contributed by atoms with van der Waals surface area (Å²) in [5.41, 5.74) is 7.89. The number of aromatic amines is 2. The molecule has 104 heavy (non-hydrogen) atoms. The Morgan fingerprint density at radius 1 is 0.635 bits per heavy atom. The highest BCUT2D eigenvalue weighted by Gasteiger charge is 2.35. The minimum absolute atomic E-state index is 0. The minimum atomic E-state index is -0.785. The quantitative estimate of drug-likeness (QED) is 0.0337. The lowest BCUT2D eigenvalue weighted by Crippen LogP contribution is -2.49. The van der Waals surface area contributed by atoms with Crippen molar-refractivity contribution in [1.82, 2.24) is 40.1 Å². The van der Waals surface area contributed by atoms with E-state index in [1.807, 2.05) is 103 Å². The molecule has 2 amide bonds. The summed E-state index contributed by atoms with van der Waals surface area (Å²) in [5.74, 6) is 3.36. The lowest BCUT2D eigenvalue weighted by molar-refractivity contribution is -0.144. The summed E-state index contributed by atoms with van der Waals surface area (Å²) in [6.45, 7) is 11.3. The fourth-order valence-corrected chi connectivity index (χ4v) is 17.8. The molecule has 7 atom stereocenters. The first kappa shape index (κ1) is 76.4. The topological polar surface area (TPSA) is 186 Å². The molecule has 20 heteroatoms. The maximum Gasteiger partial charge on any atom is 0.321 e. The normalized spacial score (nSPS) is 22.2. The fraction of sp³-hybridized carbons (Fsp3) is 0.488. The Morgan fingerprint density at radius 3 is 1.95 bits per heavy atom. The molecule has 6 heterocycles. The van der Waals surface area contributed by atoms with Crippen LogP contribution in [0.2, 0.25) is 15.2 Å². The smallest absolute Gasteiger partial charge is 0.321 e. The average molecular weight is 1480 g/mol. The van der Waals surface area contributed by atoms with E-state index < -0.39 is 12.0 Å². The molecule has 2 aliphatic carbocycles. The number of Topliss-reactive ketones (excluding diaryl/α,β-unsaturated/α-hetero) is 1. The second-order valence-corrected chi connectivity index (χ2v) is 31.6. The van der Waals surface area contributed by atoms with Crippen LogP contribution in [-0.2, 0) is 35.3 Å². The number of fused-ring (bicyclic) bond motifs is 2. The highest BCUT2D eigenvalue weighted by Crippen LogP contribution is 2.37. The molecule has 4 aliphatic heterocycles. The van der Waals surface area contributed by atoms with E-state index in [1.165, 1.54) is 81.5 Å². The van der Waals surface area contributed by atoms with E-state index in [0.717, 1.165) is 173 Å². The van der Waals surface area contributed by atoms with Crippen molar-refractivity contribution in [3.8, 4) is 5.75 Å². The number of nitrogens with one attached hydrogen (secondary N) is 5. The number of carboxylic acid groups (broad SMARTS) is 1. The molecule has 14 rings (SSSR count). The second-order valence-electron chi connectivity index (χ2n) is 30.4. The summed E-state index contributed by atoms with van der Waals surface area (Å²) in [4.78, 5) is 51.0. The number of urea groups is 1. The first-order valence-electron chi connectivity index (χ1n) is 38.2. The monoisotopic (exact) mass is 1480 g/mol. The van der Waals surface area contributed by atoms with E-state index in [-0.39, 0.29) is 31.2 Å². The van der Waals surface area contributed by atoms with Crippen LogP contribution in [0.4, 0.5) is 19.3 Å². The van der Waals surface area contributed by atoms with E-state index in [0.29, 0.717) is 75.8 Å². The number of aliphatic carboxylic acids is 1. The number of anilines is 1. The van der Waals surface area contributed by atoms with Crippen molar-refractivity contribution in [3.05, 3.63) is 194 Å². The first-order chi connectivity index (χ1) is 50.6. The third-order valence-electron chi connectivity index (χ3n) is 22.9. The Labute approximate surface area is 628 Å². The molecular formula is C84H105Cl3F2N10O5. The van der Waals surface area contributed by atoms with Gasteiger partial charge in [0, 0.05) is 107 Å². The van der Waals surface area contributed by atoms with Gasteiger partial charge in [-0.25, -0.2) is 13.6 Å². The van der Waals surface area contributed by atoms with E-state index in [9.17, 15) is 28.3 Å². The number of carboxylic acids is 1. The van der Waals surface area contributed by atoms with Crippen LogP contribution in [0.5, 0.6) is 5.75 Å². The Hall–Kier alpha value is -7.22. The van der Waals surface area contributed by atoms with E-state index in [1.54, 1.807) is 36.4 Å². The average Bonchev–Trinajstić information content (AvgIpc) is 1.76. The van der Waals surface area contributed by atoms with Crippen molar-refractivity contribution in [1.29, 1.82) is 5.41 Å². The maximum absolute atomic E-state index is 13.3. The third-order valence-corrected chi connectivity index (χ3v) is 23.9. The number of likely N-dealkylation sites (tertiary alicyclic amines) is 4. The van der Waals surface area contributed by atoms with E-state index >= 15 is 0 Å². The van der Waals surface area contributed by atoms with Crippen LogP contribution in [0, 0.1) is 52.6 Å². The highest BCUT2D eigenvalue weighted by atomic mass is 35.5. The van der Waals surface area contributed by atoms with Crippen LogP contribution in [0.25, 0.3) is 21.8 Å². The van der Waals surface area contributed by atoms with Gasteiger partial charge in [0.05, 0.1) is 15.6 Å². The van der Waals surface area contributed by atoms with Gasteiger partial charge in [-0.05, 0) is 259 Å². The Bertz CT molecular complexity index is 4090. The lowest BCUT2D eigenvalue weighted by Gasteiger charge is -2.39. The van der Waals surface area contributed by atoms with Gasteiger partial charge in [-0.3, -0.25) is 19.6 Å². The van der Waals surface area contributed by atoms with Crippen molar-refractivity contribution < 1.29 is 34.4 Å². The number of carbonyl (C=O) groups is 3. The summed E-state index contributed by atoms with van der Waals surface area (Å²) in [6, 6.07) is 40.4. The predicted octanol–water partition coefficient (Wildman–Crippen LogP) is 18.0. The number of aromatic nitrogens is 3. The third kappa shape index (κ3) is 22.2. The maximum atomic E-state index is 13.3. The molecule has 556 valence electrons. The molecule has 2 saturated carbocycles. The number of nitrogens with zero attached hydrogens (tertiary/aromatic N) is 5. The van der Waals surface area contributed by atoms with Gasteiger partial charge in [0.2, 0.25) is 0 Å². The first-order valence-corrected chi connectivity index (χ1v) is 39.3. The largest absolute Gasteiger partial charge is 0.490 e. The van der Waals surface area contributed by atoms with Crippen LogP contribution < -0.4 is 15.4 Å². The van der Waals surface area contributed by atoms with Crippen LogP contribution >= 0.6 is 34.8 Å². The van der Waals surface area contributed by atoms with Crippen LogP contribution in [0.3, 0.4) is 0 Å². The number of halogens is 5. The molecule has 0 radical (unpaired) electrons. The summed E-state index contributed by atoms with van der Waals surface area (Å²) >= 11 is 18.3. The zero-order valence-corrected chi connectivity index (χ0v) is 62.2. The van der Waals surface area contributed by atoms with Crippen molar-refractivity contribution in [3.63, 3.8) is 0 Å². The molecule has 6 aromatic carbocycles. The number of piperidine rings is 4. The predicted molar refractivity (Wildman–Crippen MR) is 417 cm³/mol. The van der Waals surface area contributed by atoms with Crippen LogP contribution in [0.15, 0.2) is 140 Å². The summed E-state index contributed by atoms with van der Waals surface area (Å²) in [5, 5.41) is 34.3. The number of ether oxygens (including phenoxy) is 1. The number of hydrogen-bond acceptors (Lipinski definition) is 10. The van der Waals surface area contributed by atoms with E-state index in [2.05, 4.69) is 45.4 Å². The molecule has 2 aromatic heterocycles. The summed E-state index contributed by atoms with van der Waals surface area (Å²) in [6.07, 6.45) is 25.4. The molecule has 0 unspecified atom stereocenters. The minimum Gasteiger partial charge on any atom is -0.490 e. The van der Waals surface area contributed by atoms with Gasteiger partial charge >= 0.3 is 12.0 Å². The zero-order chi connectivity index (χ0) is 72.3. The number of amides is 2. The molecule has 8 aromatic rings. The SMILES string of the molecule is N=Cc1ccccc1C[C@@H](C(=O)O)N1CCC(CN2CCC(Oc3ccc(Cl)c(Cl)c3)CC2)CC1.O=C(Cc1ccc2n[nH]c(Cl)c2c1)C[C@@H]1CCCC[C@H]1CN1CCC[C@H](Cc2ccc(F)cc2)C1.O=C(Nc1ccc2[nH]ccc2c1)N[C@@H]1CCCC[C@H]1CN1CCC[C@@H](Cc2ccc(F)cc2)C1.[HH]. The van der Waals surface area contributed by atoms with E-state index in [4.69, 9.17) is 44.9 Å². The molecule has 4 saturated heterocycles. The van der Waals surface area contributed by atoms with Crippen LogP contribution in [0.1, 0.15) is 138 Å². The van der Waals surface area contributed by atoms with Gasteiger partial charge < -0.3 is 45.6 Å². The number of ketones is 1. The number of H-pyrrole nitrogens is 2. The van der Waals surface area contributed by atoms with Gasteiger partial charge in [0.25, 0.3) is 0 Å². The van der Waals surface area contributed by atoms with Crippen molar-refractivity contribution >= 4 is 86.3 Å².